The number of carbonyl (C=O) groups is 2. The van der Waals surface area contributed by atoms with E-state index in [-0.39, 0.29) is 22.9 Å². The number of piperidine rings is 1. The van der Waals surface area contributed by atoms with Gasteiger partial charge in [0.1, 0.15) is 0 Å². The summed E-state index contributed by atoms with van der Waals surface area (Å²) in [6.07, 6.45) is 1.86. The van der Waals surface area contributed by atoms with Gasteiger partial charge in [-0.25, -0.2) is 0 Å². The van der Waals surface area contributed by atoms with Gasteiger partial charge in [0.15, 0.2) is 11.5 Å². The number of non-ortho nitro benzene ring substituents is 1. The average Bonchev–Trinajstić information content (AvgIpc) is 2.82. The number of hydrazine groups is 1. The zero-order chi connectivity index (χ0) is 24.8. The summed E-state index contributed by atoms with van der Waals surface area (Å²) in [6, 6.07) is 8.88. The van der Waals surface area contributed by atoms with Crippen LogP contribution in [0.25, 0.3) is 0 Å². The highest BCUT2D eigenvalue weighted by Crippen LogP contribution is 2.30. The van der Waals surface area contributed by atoms with Crippen LogP contribution in [0.2, 0.25) is 0 Å². The second kappa shape index (κ2) is 10.9. The average molecular weight is 471 g/mol. The quantitative estimate of drug-likeness (QED) is 0.467. The van der Waals surface area contributed by atoms with Crippen molar-refractivity contribution in [1.82, 2.24) is 10.9 Å². The van der Waals surface area contributed by atoms with Gasteiger partial charge in [0.05, 0.1) is 29.4 Å². The van der Waals surface area contributed by atoms with Crippen molar-refractivity contribution in [2.45, 2.75) is 39.7 Å². The third-order valence-electron chi connectivity index (χ3n) is 5.64. The van der Waals surface area contributed by atoms with Crippen LogP contribution >= 0.6 is 0 Å². The second-order valence-corrected chi connectivity index (χ2v) is 8.57. The number of rotatable bonds is 7. The summed E-state index contributed by atoms with van der Waals surface area (Å²) in [5.74, 6) is 0.252. The summed E-state index contributed by atoms with van der Waals surface area (Å²) in [5.41, 5.74) is 5.52. The molecule has 182 valence electrons. The summed E-state index contributed by atoms with van der Waals surface area (Å²) in [5, 5.41) is 11.3. The van der Waals surface area contributed by atoms with Gasteiger partial charge in [0.2, 0.25) is 0 Å². The van der Waals surface area contributed by atoms with Crippen molar-refractivity contribution in [2.24, 2.45) is 5.92 Å². The Morgan fingerprint density at radius 1 is 1.06 bits per heavy atom. The summed E-state index contributed by atoms with van der Waals surface area (Å²) in [7, 11) is 1.47. The van der Waals surface area contributed by atoms with Crippen LogP contribution in [0.3, 0.4) is 0 Å². The zero-order valence-corrected chi connectivity index (χ0v) is 19.8. The second-order valence-electron chi connectivity index (χ2n) is 8.57. The molecule has 2 amide bonds. The predicted molar refractivity (Wildman–Crippen MR) is 127 cm³/mol. The molecule has 10 nitrogen and oxygen atoms in total. The fourth-order valence-electron chi connectivity index (χ4n) is 3.76. The maximum absolute atomic E-state index is 13.0. The lowest BCUT2D eigenvalue weighted by molar-refractivity contribution is -0.384. The topological polar surface area (TPSA) is 123 Å². The van der Waals surface area contributed by atoms with Gasteiger partial charge in [-0.1, -0.05) is 6.92 Å². The van der Waals surface area contributed by atoms with Gasteiger partial charge in [-0.05, 0) is 56.9 Å². The zero-order valence-electron chi connectivity index (χ0n) is 19.8. The Balaban J connectivity index is 1.76. The molecule has 1 aliphatic rings. The predicted octanol–water partition coefficient (Wildman–Crippen LogP) is 3.70. The molecule has 0 atom stereocenters. The molecule has 2 N–H and O–H groups in total. The number of anilines is 1. The molecule has 0 aromatic heterocycles. The number of benzene rings is 2. The lowest BCUT2D eigenvalue weighted by Crippen LogP contribution is -2.42. The maximum atomic E-state index is 13.0. The van der Waals surface area contributed by atoms with E-state index in [0.717, 1.165) is 25.9 Å². The maximum Gasteiger partial charge on any atom is 0.272 e. The fraction of sp³-hybridized carbons (Fsp3) is 0.417. The number of hydrogen-bond acceptors (Lipinski definition) is 7. The molecule has 0 radical (unpaired) electrons. The lowest BCUT2D eigenvalue weighted by atomic mass is 9.98. The normalized spacial score (nSPS) is 14.0. The molecule has 0 spiro atoms. The van der Waals surface area contributed by atoms with Crippen LogP contribution in [0.1, 0.15) is 54.3 Å². The van der Waals surface area contributed by atoms with Crippen molar-refractivity contribution >= 4 is 23.2 Å². The Morgan fingerprint density at radius 3 is 2.35 bits per heavy atom. The Bertz CT molecular complexity index is 1060. The number of amides is 2. The molecule has 3 rings (SSSR count). The van der Waals surface area contributed by atoms with E-state index in [9.17, 15) is 19.7 Å². The Labute approximate surface area is 198 Å². The number of nitrogens with one attached hydrogen (secondary N) is 2. The monoisotopic (exact) mass is 470 g/mol. The number of nitrogens with zero attached hydrogens (tertiary/aromatic N) is 2. The van der Waals surface area contributed by atoms with E-state index in [1.807, 2.05) is 18.7 Å². The highest BCUT2D eigenvalue weighted by molar-refractivity contribution is 6.03. The van der Waals surface area contributed by atoms with E-state index in [2.05, 4.69) is 17.8 Å². The first-order valence-electron chi connectivity index (χ1n) is 11.2. The molecule has 0 unspecified atom stereocenters. The standard InChI is InChI=1S/C24H30N4O6/c1-15(2)34-21-8-5-17(13-22(21)33-4)23(29)25-26-24(30)19-14-18(28(31)32)6-7-20(19)27-11-9-16(3)10-12-27/h5-8,13-16H,9-12H2,1-4H3,(H,25,29)(H,26,30). The fourth-order valence-corrected chi connectivity index (χ4v) is 3.76. The number of nitro groups is 1. The minimum absolute atomic E-state index is 0.0693. The Kier molecular flexibility index (Phi) is 7.93. The molecular formula is C24H30N4O6. The molecule has 1 saturated heterocycles. The molecule has 1 heterocycles. The van der Waals surface area contributed by atoms with E-state index in [1.165, 1.54) is 25.3 Å². The van der Waals surface area contributed by atoms with Gasteiger partial charge in [0.25, 0.3) is 17.5 Å². The molecule has 0 saturated carbocycles. The van der Waals surface area contributed by atoms with Crippen LogP contribution in [0.4, 0.5) is 11.4 Å². The van der Waals surface area contributed by atoms with Gasteiger partial charge >= 0.3 is 0 Å². The largest absolute Gasteiger partial charge is 0.493 e. The minimum atomic E-state index is -0.641. The Hall–Kier alpha value is -3.82. The highest BCUT2D eigenvalue weighted by Gasteiger charge is 2.24. The van der Waals surface area contributed by atoms with Gasteiger partial charge < -0.3 is 14.4 Å². The van der Waals surface area contributed by atoms with Crippen molar-refractivity contribution in [1.29, 1.82) is 0 Å². The minimum Gasteiger partial charge on any atom is -0.493 e. The van der Waals surface area contributed by atoms with Crippen LogP contribution in [0, 0.1) is 16.0 Å². The first-order valence-corrected chi connectivity index (χ1v) is 11.2. The van der Waals surface area contributed by atoms with Gasteiger partial charge in [-0.15, -0.1) is 0 Å². The van der Waals surface area contributed by atoms with Crippen LogP contribution in [-0.4, -0.2) is 43.0 Å². The first-order chi connectivity index (χ1) is 16.2. The molecule has 2 aromatic rings. The van der Waals surface area contributed by atoms with Crippen molar-refractivity contribution in [2.75, 3.05) is 25.1 Å². The molecular weight excluding hydrogens is 440 g/mol. The number of nitro benzene ring substituents is 1. The van der Waals surface area contributed by atoms with Crippen molar-refractivity contribution in [3.63, 3.8) is 0 Å². The van der Waals surface area contributed by atoms with Crippen LogP contribution in [-0.2, 0) is 0 Å². The number of methoxy groups -OCH3 is 1. The first kappa shape index (κ1) is 24.8. The van der Waals surface area contributed by atoms with E-state index < -0.39 is 16.7 Å². The summed E-state index contributed by atoms with van der Waals surface area (Å²) >= 11 is 0. The van der Waals surface area contributed by atoms with Crippen LogP contribution in [0.15, 0.2) is 36.4 Å². The van der Waals surface area contributed by atoms with E-state index in [1.54, 1.807) is 18.2 Å². The highest BCUT2D eigenvalue weighted by atomic mass is 16.6. The molecule has 2 aromatic carbocycles. The van der Waals surface area contributed by atoms with Crippen LogP contribution in [0.5, 0.6) is 11.5 Å². The molecule has 10 heteroatoms. The summed E-state index contributed by atoms with van der Waals surface area (Å²) in [4.78, 5) is 38.4. The molecule has 0 bridgehead atoms. The number of hydrogen-bond donors (Lipinski definition) is 2. The lowest BCUT2D eigenvalue weighted by Gasteiger charge is -2.33. The number of ether oxygens (including phenoxy) is 2. The molecule has 1 aliphatic heterocycles. The molecule has 0 aliphatic carbocycles. The van der Waals surface area contributed by atoms with Gasteiger partial charge in [0, 0.05) is 30.8 Å². The van der Waals surface area contributed by atoms with Crippen molar-refractivity contribution < 1.29 is 24.0 Å². The van der Waals surface area contributed by atoms with Crippen LogP contribution < -0.4 is 25.2 Å². The van der Waals surface area contributed by atoms with E-state index in [4.69, 9.17) is 9.47 Å². The van der Waals surface area contributed by atoms with E-state index >= 15 is 0 Å². The Morgan fingerprint density at radius 2 is 1.74 bits per heavy atom. The summed E-state index contributed by atoms with van der Waals surface area (Å²) < 4.78 is 10.9. The van der Waals surface area contributed by atoms with Gasteiger partial charge in [-0.2, -0.15) is 0 Å². The van der Waals surface area contributed by atoms with Crippen molar-refractivity contribution in [3.8, 4) is 11.5 Å². The van der Waals surface area contributed by atoms with E-state index in [0.29, 0.717) is 23.1 Å². The third kappa shape index (κ3) is 5.94. The SMILES string of the molecule is COc1cc(C(=O)NNC(=O)c2cc([N+](=O)[O-])ccc2N2CCC(C)CC2)ccc1OC(C)C. The molecule has 1 fully saturated rings. The third-order valence-corrected chi connectivity index (χ3v) is 5.64. The van der Waals surface area contributed by atoms with Gasteiger partial charge in [-0.3, -0.25) is 30.6 Å². The summed E-state index contributed by atoms with van der Waals surface area (Å²) in [6.45, 7) is 7.42. The number of carbonyl (C=O) groups excluding carboxylic acids is 2. The molecule has 34 heavy (non-hydrogen) atoms. The smallest absolute Gasteiger partial charge is 0.272 e. The van der Waals surface area contributed by atoms with Crippen molar-refractivity contribution in [3.05, 3.63) is 57.6 Å².